The highest BCUT2D eigenvalue weighted by molar-refractivity contribution is 14.0. The van der Waals surface area contributed by atoms with Gasteiger partial charge in [0, 0.05) is 26.2 Å². The first-order valence-electron chi connectivity index (χ1n) is 11.3. The largest absolute Gasteiger partial charge is 0.396 e. The number of nitrogens with one attached hydrogen (secondary N) is 2. The molecule has 3 aromatic rings. The van der Waals surface area contributed by atoms with Crippen LogP contribution >= 0.6 is 24.0 Å². The van der Waals surface area contributed by atoms with Gasteiger partial charge in [0.05, 0.1) is 23.9 Å². The fraction of sp³-hybridized carbons (Fsp3) is 0.440. The number of aliphatic imine (C=N–C) groups is 1. The Balaban J connectivity index is 0.00000363. The number of hydrogen-bond donors (Lipinski definition) is 3. The van der Waals surface area contributed by atoms with Crippen LogP contribution in [-0.2, 0) is 13.1 Å². The Bertz CT molecular complexity index is 948. The van der Waals surface area contributed by atoms with Gasteiger partial charge in [0.1, 0.15) is 0 Å². The number of para-hydroxylation sites is 2. The number of aliphatic hydroxyl groups excluding tert-OH is 1. The number of fused-ring (bicyclic) bond motifs is 1. The Labute approximate surface area is 208 Å². The summed E-state index contributed by atoms with van der Waals surface area (Å²) in [5.41, 5.74) is 4.60. The normalized spacial score (nSPS) is 12.4. The lowest BCUT2D eigenvalue weighted by Crippen LogP contribution is -2.40. The van der Waals surface area contributed by atoms with Gasteiger partial charge in [-0.25, -0.2) is 9.98 Å². The van der Waals surface area contributed by atoms with Crippen molar-refractivity contribution in [1.82, 2.24) is 20.2 Å². The van der Waals surface area contributed by atoms with Crippen molar-refractivity contribution >= 4 is 41.0 Å². The number of aromatic nitrogens is 2. The minimum atomic E-state index is 0. The molecule has 32 heavy (non-hydrogen) atoms. The molecule has 0 radical (unpaired) electrons. The quantitative estimate of drug-likeness (QED) is 0.186. The maximum absolute atomic E-state index is 9.26. The molecule has 0 fully saturated rings. The molecule has 1 unspecified atom stereocenters. The molecular formula is C25H36IN5O. The van der Waals surface area contributed by atoms with E-state index in [2.05, 4.69) is 64.4 Å². The average Bonchev–Trinajstić information content (AvgIpc) is 3.19. The van der Waals surface area contributed by atoms with Crippen LogP contribution in [0.5, 0.6) is 0 Å². The van der Waals surface area contributed by atoms with Crippen LogP contribution in [-0.4, -0.2) is 40.3 Å². The van der Waals surface area contributed by atoms with Crippen LogP contribution in [0.15, 0.2) is 59.9 Å². The lowest BCUT2D eigenvalue weighted by atomic mass is 10.0. The number of rotatable bonds is 11. The topological polar surface area (TPSA) is 74.5 Å². The summed E-state index contributed by atoms with van der Waals surface area (Å²) in [6.45, 7) is 7.58. The minimum absolute atomic E-state index is 0. The SMILES string of the molecule is CCCC(CCO)CNC(=NCc1ccc(Cn2cnc3ccccc32)cc1)NCC.I. The van der Waals surface area contributed by atoms with E-state index in [9.17, 15) is 5.11 Å². The van der Waals surface area contributed by atoms with Gasteiger partial charge in [0.25, 0.3) is 0 Å². The van der Waals surface area contributed by atoms with Crippen molar-refractivity contribution in [1.29, 1.82) is 0 Å². The molecule has 6 nitrogen and oxygen atoms in total. The van der Waals surface area contributed by atoms with Crippen molar-refractivity contribution in [3.8, 4) is 0 Å². The Hall–Kier alpha value is -2.13. The Morgan fingerprint density at radius 3 is 2.50 bits per heavy atom. The van der Waals surface area contributed by atoms with Gasteiger partial charge in [0.15, 0.2) is 5.96 Å². The summed E-state index contributed by atoms with van der Waals surface area (Å²) in [6, 6.07) is 16.8. The first-order chi connectivity index (χ1) is 15.2. The van der Waals surface area contributed by atoms with E-state index in [1.54, 1.807) is 0 Å². The summed E-state index contributed by atoms with van der Waals surface area (Å²) in [7, 11) is 0. The standard InChI is InChI=1S/C25H35N5O.HI/c1-3-7-20(14-15-31)16-27-25(26-4-2)28-17-21-10-12-22(13-11-21)18-30-19-29-23-8-5-6-9-24(23)30;/h5-6,8-13,19-20,31H,3-4,7,14-18H2,1-2H3,(H2,26,27,28);1H. The van der Waals surface area contributed by atoms with Gasteiger partial charge in [-0.3, -0.25) is 0 Å². The molecule has 7 heteroatoms. The van der Waals surface area contributed by atoms with E-state index in [1.165, 1.54) is 11.1 Å². The molecule has 0 aliphatic heterocycles. The van der Waals surface area contributed by atoms with Crippen LogP contribution < -0.4 is 10.6 Å². The molecule has 0 saturated carbocycles. The number of imidazole rings is 1. The Morgan fingerprint density at radius 1 is 1.03 bits per heavy atom. The molecule has 2 aromatic carbocycles. The van der Waals surface area contributed by atoms with E-state index in [4.69, 9.17) is 4.99 Å². The lowest BCUT2D eigenvalue weighted by molar-refractivity contribution is 0.251. The third-order valence-electron chi connectivity index (χ3n) is 5.46. The summed E-state index contributed by atoms with van der Waals surface area (Å²) in [4.78, 5) is 9.21. The third-order valence-corrected chi connectivity index (χ3v) is 5.46. The number of hydrogen-bond acceptors (Lipinski definition) is 3. The van der Waals surface area contributed by atoms with Crippen molar-refractivity contribution in [3.05, 3.63) is 66.0 Å². The number of guanidine groups is 1. The van der Waals surface area contributed by atoms with Gasteiger partial charge < -0.3 is 20.3 Å². The first-order valence-corrected chi connectivity index (χ1v) is 11.3. The maximum atomic E-state index is 9.26. The second-order valence-electron chi connectivity index (χ2n) is 7.92. The van der Waals surface area contributed by atoms with E-state index in [0.717, 1.165) is 55.9 Å². The van der Waals surface area contributed by atoms with Gasteiger partial charge in [-0.05, 0) is 48.9 Å². The summed E-state index contributed by atoms with van der Waals surface area (Å²) in [5, 5.41) is 16.0. The smallest absolute Gasteiger partial charge is 0.191 e. The average molecular weight is 550 g/mol. The third kappa shape index (κ3) is 7.78. The maximum Gasteiger partial charge on any atom is 0.191 e. The number of nitrogens with zero attached hydrogens (tertiary/aromatic N) is 3. The number of benzene rings is 2. The van der Waals surface area contributed by atoms with Gasteiger partial charge in [-0.2, -0.15) is 0 Å². The molecule has 3 N–H and O–H groups in total. The van der Waals surface area contributed by atoms with Crippen LogP contribution in [0, 0.1) is 5.92 Å². The molecular weight excluding hydrogens is 513 g/mol. The van der Waals surface area contributed by atoms with E-state index >= 15 is 0 Å². The zero-order valence-electron chi connectivity index (χ0n) is 19.1. The first kappa shape index (κ1) is 26.1. The van der Waals surface area contributed by atoms with E-state index < -0.39 is 0 Å². The molecule has 0 amide bonds. The minimum Gasteiger partial charge on any atom is -0.396 e. The van der Waals surface area contributed by atoms with E-state index in [0.29, 0.717) is 12.5 Å². The van der Waals surface area contributed by atoms with Crippen molar-refractivity contribution in [2.75, 3.05) is 19.7 Å². The molecule has 0 saturated heterocycles. The van der Waals surface area contributed by atoms with E-state index in [-0.39, 0.29) is 30.6 Å². The fourth-order valence-electron chi connectivity index (χ4n) is 3.78. The number of aliphatic hydroxyl groups is 1. The van der Waals surface area contributed by atoms with Crippen molar-refractivity contribution in [2.45, 2.75) is 46.2 Å². The Kier molecular flexibility index (Phi) is 11.5. The van der Waals surface area contributed by atoms with Gasteiger partial charge in [0.2, 0.25) is 0 Å². The van der Waals surface area contributed by atoms with Crippen LogP contribution in [0.1, 0.15) is 44.2 Å². The Morgan fingerprint density at radius 2 is 1.78 bits per heavy atom. The number of halogens is 1. The second-order valence-corrected chi connectivity index (χ2v) is 7.92. The lowest BCUT2D eigenvalue weighted by Gasteiger charge is -2.18. The van der Waals surface area contributed by atoms with Gasteiger partial charge >= 0.3 is 0 Å². The van der Waals surface area contributed by atoms with Crippen LogP contribution in [0.4, 0.5) is 0 Å². The molecule has 0 bridgehead atoms. The van der Waals surface area contributed by atoms with Crippen LogP contribution in [0.25, 0.3) is 11.0 Å². The molecule has 174 valence electrons. The molecule has 0 aliphatic carbocycles. The van der Waals surface area contributed by atoms with Crippen molar-refractivity contribution in [2.24, 2.45) is 10.9 Å². The van der Waals surface area contributed by atoms with Crippen molar-refractivity contribution in [3.63, 3.8) is 0 Å². The molecule has 1 heterocycles. The molecule has 1 atom stereocenters. The monoisotopic (exact) mass is 549 g/mol. The van der Waals surface area contributed by atoms with Crippen LogP contribution in [0.2, 0.25) is 0 Å². The highest BCUT2D eigenvalue weighted by Crippen LogP contribution is 2.15. The summed E-state index contributed by atoms with van der Waals surface area (Å²) in [5.74, 6) is 1.30. The predicted octanol–water partition coefficient (Wildman–Crippen LogP) is 4.56. The second kappa shape index (κ2) is 14.1. The highest BCUT2D eigenvalue weighted by atomic mass is 127. The summed E-state index contributed by atoms with van der Waals surface area (Å²) < 4.78 is 2.18. The zero-order chi connectivity index (χ0) is 21.9. The molecule has 0 aliphatic rings. The highest BCUT2D eigenvalue weighted by Gasteiger charge is 2.08. The molecule has 0 spiro atoms. The summed E-state index contributed by atoms with van der Waals surface area (Å²) in [6.07, 6.45) is 4.97. The van der Waals surface area contributed by atoms with E-state index in [1.807, 2.05) is 24.5 Å². The summed E-state index contributed by atoms with van der Waals surface area (Å²) >= 11 is 0. The van der Waals surface area contributed by atoms with Gasteiger partial charge in [-0.1, -0.05) is 49.7 Å². The van der Waals surface area contributed by atoms with Crippen molar-refractivity contribution < 1.29 is 5.11 Å². The molecule has 1 aromatic heterocycles. The predicted molar refractivity (Wildman–Crippen MR) is 144 cm³/mol. The van der Waals surface area contributed by atoms with Crippen LogP contribution in [0.3, 0.4) is 0 Å². The zero-order valence-corrected chi connectivity index (χ0v) is 21.5. The molecule has 3 rings (SSSR count). The van der Waals surface area contributed by atoms with Gasteiger partial charge in [-0.15, -0.1) is 24.0 Å². The fourth-order valence-corrected chi connectivity index (χ4v) is 3.78.